The summed E-state index contributed by atoms with van der Waals surface area (Å²) in [6.07, 6.45) is 0. The van der Waals surface area contributed by atoms with E-state index in [1.165, 1.54) is 0 Å². The van der Waals surface area contributed by atoms with Crippen LogP contribution >= 0.6 is 23.2 Å². The van der Waals surface area contributed by atoms with E-state index < -0.39 is 5.41 Å². The number of benzene rings is 1. The van der Waals surface area contributed by atoms with Crippen LogP contribution in [-0.2, 0) is 5.41 Å². The molecule has 0 bridgehead atoms. The Balaban J connectivity index is 3.32. The SMILES string of the molecule is CC(C)C(C)(C#N)c1ccc(Cl)cc1Cl. The van der Waals surface area contributed by atoms with E-state index in [1.54, 1.807) is 12.1 Å². The van der Waals surface area contributed by atoms with E-state index in [-0.39, 0.29) is 5.92 Å². The highest BCUT2D eigenvalue weighted by atomic mass is 35.5. The summed E-state index contributed by atoms with van der Waals surface area (Å²) < 4.78 is 0. The predicted octanol–water partition coefficient (Wildman–Crippen LogP) is 4.43. The van der Waals surface area contributed by atoms with Gasteiger partial charge in [-0.15, -0.1) is 0 Å². The van der Waals surface area contributed by atoms with Crippen LogP contribution in [0.15, 0.2) is 18.2 Å². The van der Waals surface area contributed by atoms with Gasteiger partial charge in [-0.3, -0.25) is 0 Å². The average Bonchev–Trinajstić information content (AvgIpc) is 2.16. The third kappa shape index (κ3) is 2.27. The molecule has 0 spiro atoms. The zero-order valence-electron chi connectivity index (χ0n) is 9.01. The fourth-order valence-corrected chi connectivity index (χ4v) is 2.02. The number of nitriles is 1. The third-order valence-electron chi connectivity index (χ3n) is 2.88. The lowest BCUT2D eigenvalue weighted by Gasteiger charge is -2.27. The van der Waals surface area contributed by atoms with Crippen LogP contribution in [0.5, 0.6) is 0 Å². The normalized spacial score (nSPS) is 14.7. The fraction of sp³-hybridized carbons (Fsp3) is 0.417. The van der Waals surface area contributed by atoms with Gasteiger partial charge in [-0.25, -0.2) is 0 Å². The Morgan fingerprint density at radius 1 is 1.33 bits per heavy atom. The van der Waals surface area contributed by atoms with Crippen LogP contribution in [-0.4, -0.2) is 0 Å². The molecule has 15 heavy (non-hydrogen) atoms. The molecule has 0 aliphatic carbocycles. The topological polar surface area (TPSA) is 23.8 Å². The summed E-state index contributed by atoms with van der Waals surface area (Å²) in [7, 11) is 0. The highest BCUT2D eigenvalue weighted by Crippen LogP contribution is 2.36. The molecule has 1 nitrogen and oxygen atoms in total. The minimum absolute atomic E-state index is 0.196. The average molecular weight is 242 g/mol. The van der Waals surface area contributed by atoms with E-state index in [4.69, 9.17) is 23.2 Å². The first-order valence-corrected chi connectivity index (χ1v) is 5.54. The number of hydrogen-bond acceptors (Lipinski definition) is 1. The molecule has 0 saturated carbocycles. The molecule has 1 rings (SSSR count). The summed E-state index contributed by atoms with van der Waals surface area (Å²) in [6.45, 7) is 5.91. The van der Waals surface area contributed by atoms with Crippen molar-refractivity contribution in [2.45, 2.75) is 26.2 Å². The highest BCUT2D eigenvalue weighted by Gasteiger charge is 2.32. The fourth-order valence-electron chi connectivity index (χ4n) is 1.41. The minimum atomic E-state index is -0.568. The molecule has 0 amide bonds. The van der Waals surface area contributed by atoms with Crippen molar-refractivity contribution in [3.63, 3.8) is 0 Å². The van der Waals surface area contributed by atoms with Gasteiger partial charge in [0, 0.05) is 10.0 Å². The molecular weight excluding hydrogens is 229 g/mol. The zero-order valence-corrected chi connectivity index (χ0v) is 10.5. The van der Waals surface area contributed by atoms with Gasteiger partial charge in [-0.05, 0) is 30.5 Å². The molecular formula is C12H13Cl2N. The Hall–Kier alpha value is -0.710. The maximum atomic E-state index is 9.26. The molecule has 1 atom stereocenters. The maximum absolute atomic E-state index is 9.26. The summed E-state index contributed by atoms with van der Waals surface area (Å²) in [6, 6.07) is 7.60. The van der Waals surface area contributed by atoms with Gasteiger partial charge < -0.3 is 0 Å². The second kappa shape index (κ2) is 4.43. The van der Waals surface area contributed by atoms with Crippen molar-refractivity contribution in [3.05, 3.63) is 33.8 Å². The maximum Gasteiger partial charge on any atom is 0.0831 e. The number of hydrogen-bond donors (Lipinski definition) is 0. The monoisotopic (exact) mass is 241 g/mol. The van der Waals surface area contributed by atoms with Gasteiger partial charge in [0.1, 0.15) is 0 Å². The first-order chi connectivity index (χ1) is 6.91. The van der Waals surface area contributed by atoms with Crippen molar-refractivity contribution in [2.24, 2.45) is 5.92 Å². The van der Waals surface area contributed by atoms with Gasteiger partial charge in [-0.1, -0.05) is 43.1 Å². The van der Waals surface area contributed by atoms with Crippen molar-refractivity contribution in [3.8, 4) is 6.07 Å². The molecule has 0 aliphatic rings. The van der Waals surface area contributed by atoms with Gasteiger partial charge in [0.15, 0.2) is 0 Å². The number of halogens is 2. The lowest BCUT2D eigenvalue weighted by atomic mass is 9.75. The lowest BCUT2D eigenvalue weighted by molar-refractivity contribution is 0.431. The summed E-state index contributed by atoms with van der Waals surface area (Å²) in [4.78, 5) is 0. The molecule has 0 heterocycles. The van der Waals surface area contributed by atoms with E-state index >= 15 is 0 Å². The Bertz CT molecular complexity index is 407. The largest absolute Gasteiger partial charge is 0.197 e. The molecule has 1 aromatic rings. The van der Waals surface area contributed by atoms with Crippen LogP contribution in [0.3, 0.4) is 0 Å². The first-order valence-electron chi connectivity index (χ1n) is 4.78. The Kier molecular flexibility index (Phi) is 3.65. The minimum Gasteiger partial charge on any atom is -0.197 e. The van der Waals surface area contributed by atoms with Gasteiger partial charge >= 0.3 is 0 Å². The van der Waals surface area contributed by atoms with Crippen molar-refractivity contribution in [1.82, 2.24) is 0 Å². The summed E-state index contributed by atoms with van der Waals surface area (Å²) in [5.74, 6) is 0.196. The molecule has 0 aliphatic heterocycles. The van der Waals surface area contributed by atoms with E-state index in [9.17, 15) is 5.26 Å². The van der Waals surface area contributed by atoms with Gasteiger partial charge in [-0.2, -0.15) is 5.26 Å². The number of nitrogens with zero attached hydrogens (tertiary/aromatic N) is 1. The predicted molar refractivity (Wildman–Crippen MR) is 64.3 cm³/mol. The van der Waals surface area contributed by atoms with E-state index in [0.717, 1.165) is 5.56 Å². The zero-order chi connectivity index (χ0) is 11.6. The Morgan fingerprint density at radius 2 is 1.93 bits per heavy atom. The first kappa shape index (κ1) is 12.4. The van der Waals surface area contributed by atoms with Crippen LogP contribution in [0.4, 0.5) is 0 Å². The van der Waals surface area contributed by atoms with Crippen LogP contribution in [0.1, 0.15) is 26.3 Å². The molecule has 80 valence electrons. The van der Waals surface area contributed by atoms with Crippen LogP contribution < -0.4 is 0 Å². The van der Waals surface area contributed by atoms with Gasteiger partial charge in [0.25, 0.3) is 0 Å². The van der Waals surface area contributed by atoms with Crippen molar-refractivity contribution in [1.29, 1.82) is 5.26 Å². The van der Waals surface area contributed by atoms with Crippen LogP contribution in [0, 0.1) is 17.2 Å². The Morgan fingerprint density at radius 3 is 2.33 bits per heavy atom. The quantitative estimate of drug-likeness (QED) is 0.752. The standard InChI is InChI=1S/C12H13Cl2N/c1-8(2)12(3,7-15)10-5-4-9(13)6-11(10)14/h4-6,8H,1-3H3. The van der Waals surface area contributed by atoms with E-state index in [1.807, 2.05) is 26.8 Å². The molecule has 1 unspecified atom stereocenters. The summed E-state index contributed by atoms with van der Waals surface area (Å²) in [5.41, 5.74) is 0.271. The molecule has 3 heteroatoms. The molecule has 0 fully saturated rings. The lowest BCUT2D eigenvalue weighted by Crippen LogP contribution is -2.26. The highest BCUT2D eigenvalue weighted by molar-refractivity contribution is 6.35. The molecule has 0 saturated heterocycles. The van der Waals surface area contributed by atoms with E-state index in [2.05, 4.69) is 6.07 Å². The molecule has 0 radical (unpaired) electrons. The molecule has 0 N–H and O–H groups in total. The van der Waals surface area contributed by atoms with Gasteiger partial charge in [0.05, 0.1) is 11.5 Å². The van der Waals surface area contributed by atoms with Crippen LogP contribution in [0.2, 0.25) is 10.0 Å². The second-order valence-corrected chi connectivity index (χ2v) is 4.94. The van der Waals surface area contributed by atoms with Crippen molar-refractivity contribution < 1.29 is 0 Å². The van der Waals surface area contributed by atoms with Crippen molar-refractivity contribution >= 4 is 23.2 Å². The third-order valence-corrected chi connectivity index (χ3v) is 3.43. The summed E-state index contributed by atoms with van der Waals surface area (Å²) in [5, 5.41) is 10.4. The second-order valence-electron chi connectivity index (χ2n) is 4.09. The molecule has 1 aromatic carbocycles. The summed E-state index contributed by atoms with van der Waals surface area (Å²) >= 11 is 11.9. The van der Waals surface area contributed by atoms with E-state index in [0.29, 0.717) is 10.0 Å². The molecule has 0 aromatic heterocycles. The Labute approximate surface area is 101 Å². The van der Waals surface area contributed by atoms with Gasteiger partial charge in [0.2, 0.25) is 0 Å². The number of rotatable bonds is 2. The smallest absolute Gasteiger partial charge is 0.0831 e. The van der Waals surface area contributed by atoms with Crippen LogP contribution in [0.25, 0.3) is 0 Å². The van der Waals surface area contributed by atoms with Crippen molar-refractivity contribution in [2.75, 3.05) is 0 Å².